The molecule has 0 aliphatic carbocycles. The predicted molar refractivity (Wildman–Crippen MR) is 79.5 cm³/mol. The molecule has 18 heavy (non-hydrogen) atoms. The summed E-state index contributed by atoms with van der Waals surface area (Å²) in [7, 11) is 0. The average Bonchev–Trinajstić information content (AvgIpc) is 2.88. The van der Waals surface area contributed by atoms with Gasteiger partial charge in [-0.05, 0) is 36.1 Å². The molecule has 0 radical (unpaired) electrons. The summed E-state index contributed by atoms with van der Waals surface area (Å²) >= 11 is 6.83. The molecular weight excluding hydrogens is 264 g/mol. The molecule has 2 heterocycles. The maximum atomic E-state index is 10.3. The Bertz CT molecular complexity index is 606. The van der Waals surface area contributed by atoms with Crippen LogP contribution >= 0.6 is 24.0 Å². The van der Waals surface area contributed by atoms with Crippen molar-refractivity contribution in [2.75, 3.05) is 5.75 Å². The third-order valence-electron chi connectivity index (χ3n) is 3.23. The Hall–Kier alpha value is -1.04. The molecule has 1 aromatic heterocycles. The molecule has 1 atom stereocenters. The van der Waals surface area contributed by atoms with Gasteiger partial charge in [0.2, 0.25) is 0 Å². The van der Waals surface area contributed by atoms with Crippen LogP contribution in [0.1, 0.15) is 12.5 Å². The van der Waals surface area contributed by atoms with Gasteiger partial charge in [0.15, 0.2) is 0 Å². The fraction of sp³-hybridized carbons (Fsp3) is 0.308. The number of aromatic nitrogens is 1. The Labute approximate surface area is 115 Å². The van der Waals surface area contributed by atoms with Gasteiger partial charge in [0, 0.05) is 24.0 Å². The maximum Gasteiger partial charge on any atom is 0.145 e. The minimum atomic E-state index is -0.838. The van der Waals surface area contributed by atoms with Crippen LogP contribution in [0.4, 0.5) is 0 Å². The highest BCUT2D eigenvalue weighted by molar-refractivity contribution is 8.23. The van der Waals surface area contributed by atoms with Crippen molar-refractivity contribution in [1.82, 2.24) is 9.88 Å². The number of thiocarbonyl (C=S) groups is 1. The zero-order valence-electron chi connectivity index (χ0n) is 10.0. The lowest BCUT2D eigenvalue weighted by Gasteiger charge is -2.30. The monoisotopic (exact) mass is 278 g/mol. The van der Waals surface area contributed by atoms with E-state index in [2.05, 4.69) is 23.2 Å². The van der Waals surface area contributed by atoms with Crippen LogP contribution in [0.5, 0.6) is 0 Å². The van der Waals surface area contributed by atoms with Gasteiger partial charge in [-0.15, -0.1) is 0 Å². The normalized spacial score (nSPS) is 24.1. The number of rotatable bonds is 2. The van der Waals surface area contributed by atoms with Gasteiger partial charge in [0.25, 0.3) is 0 Å². The molecule has 2 aromatic rings. The number of aromatic amines is 1. The molecule has 0 spiro atoms. The fourth-order valence-electron chi connectivity index (χ4n) is 2.17. The molecule has 94 valence electrons. The second-order valence-corrected chi connectivity index (χ2v) is 6.37. The van der Waals surface area contributed by atoms with Gasteiger partial charge in [-0.2, -0.15) is 0 Å². The van der Waals surface area contributed by atoms with Crippen molar-refractivity contribution < 1.29 is 5.11 Å². The molecule has 2 N–H and O–H groups in total. The van der Waals surface area contributed by atoms with E-state index in [0.29, 0.717) is 12.3 Å². The summed E-state index contributed by atoms with van der Waals surface area (Å²) in [5, 5.41) is 11.5. The summed E-state index contributed by atoms with van der Waals surface area (Å²) in [6.07, 6.45) is 1.93. The summed E-state index contributed by atoms with van der Waals surface area (Å²) in [4.78, 5) is 5.06. The van der Waals surface area contributed by atoms with Crippen molar-refractivity contribution in [3.63, 3.8) is 0 Å². The molecule has 1 aliphatic heterocycles. The summed E-state index contributed by atoms with van der Waals surface area (Å²) < 4.78 is 0.772. The zero-order chi connectivity index (χ0) is 12.8. The quantitative estimate of drug-likeness (QED) is 0.829. The molecule has 5 heteroatoms. The molecule has 3 rings (SSSR count). The highest BCUT2D eigenvalue weighted by Gasteiger charge is 2.37. The molecule has 1 fully saturated rings. The first kappa shape index (κ1) is 12.0. The van der Waals surface area contributed by atoms with Crippen LogP contribution in [-0.2, 0) is 6.54 Å². The van der Waals surface area contributed by atoms with Gasteiger partial charge in [0.1, 0.15) is 10.0 Å². The van der Waals surface area contributed by atoms with Crippen molar-refractivity contribution in [3.8, 4) is 0 Å². The van der Waals surface area contributed by atoms with Crippen molar-refractivity contribution in [2.24, 2.45) is 0 Å². The summed E-state index contributed by atoms with van der Waals surface area (Å²) in [6, 6.07) is 8.31. The maximum absolute atomic E-state index is 10.3. The van der Waals surface area contributed by atoms with Gasteiger partial charge in [-0.3, -0.25) is 0 Å². The third kappa shape index (κ3) is 2.02. The van der Waals surface area contributed by atoms with Crippen molar-refractivity contribution in [2.45, 2.75) is 19.2 Å². The molecular formula is C13H14N2OS2. The number of nitrogens with one attached hydrogen (secondary N) is 1. The lowest BCUT2D eigenvalue weighted by atomic mass is 10.1. The molecule has 3 nitrogen and oxygen atoms in total. The van der Waals surface area contributed by atoms with Gasteiger partial charge < -0.3 is 15.0 Å². The first-order chi connectivity index (χ1) is 8.56. The molecule has 0 amide bonds. The Morgan fingerprint density at radius 3 is 3.06 bits per heavy atom. The smallest absolute Gasteiger partial charge is 0.145 e. The molecule has 0 bridgehead atoms. The van der Waals surface area contributed by atoms with Gasteiger partial charge >= 0.3 is 0 Å². The van der Waals surface area contributed by atoms with E-state index < -0.39 is 5.72 Å². The fourth-order valence-corrected chi connectivity index (χ4v) is 3.58. The van der Waals surface area contributed by atoms with Crippen LogP contribution in [0.3, 0.4) is 0 Å². The topological polar surface area (TPSA) is 39.3 Å². The Kier molecular flexibility index (Phi) is 2.84. The minimum absolute atomic E-state index is 0.637. The van der Waals surface area contributed by atoms with Crippen LogP contribution < -0.4 is 0 Å². The lowest BCUT2D eigenvalue weighted by molar-refractivity contribution is -0.0270. The molecule has 1 saturated heterocycles. The number of benzene rings is 1. The van der Waals surface area contributed by atoms with Crippen LogP contribution in [0.2, 0.25) is 0 Å². The predicted octanol–water partition coefficient (Wildman–Crippen LogP) is 2.71. The Morgan fingerprint density at radius 2 is 2.33 bits per heavy atom. The first-order valence-electron chi connectivity index (χ1n) is 5.79. The minimum Gasteiger partial charge on any atom is -0.370 e. The highest BCUT2D eigenvalue weighted by atomic mass is 32.2. The summed E-state index contributed by atoms with van der Waals surface area (Å²) in [6.45, 7) is 2.47. The largest absolute Gasteiger partial charge is 0.370 e. The average molecular weight is 278 g/mol. The van der Waals surface area contributed by atoms with E-state index >= 15 is 0 Å². The second-order valence-electron chi connectivity index (χ2n) is 4.76. The highest BCUT2D eigenvalue weighted by Crippen LogP contribution is 2.32. The SMILES string of the molecule is CC1(O)CSC(=S)N1Cc1ccc2[nH]ccc2c1. The molecule has 1 unspecified atom stereocenters. The van der Waals surface area contributed by atoms with Crippen molar-refractivity contribution >= 4 is 39.2 Å². The second kappa shape index (κ2) is 4.26. The van der Waals surface area contributed by atoms with E-state index in [1.807, 2.05) is 24.1 Å². The number of hydrogen-bond acceptors (Lipinski definition) is 3. The van der Waals surface area contributed by atoms with E-state index in [-0.39, 0.29) is 0 Å². The number of hydrogen-bond donors (Lipinski definition) is 2. The van der Waals surface area contributed by atoms with E-state index in [0.717, 1.165) is 15.4 Å². The summed E-state index contributed by atoms with van der Waals surface area (Å²) in [5.74, 6) is 0.637. The van der Waals surface area contributed by atoms with E-state index in [1.165, 1.54) is 17.1 Å². The standard InChI is InChI=1S/C13H14N2OS2/c1-13(16)8-18-12(17)15(13)7-9-2-3-11-10(6-9)4-5-14-11/h2-6,14,16H,7-8H2,1H3. The third-order valence-corrected chi connectivity index (χ3v) is 4.96. The van der Waals surface area contributed by atoms with E-state index in [9.17, 15) is 5.11 Å². The van der Waals surface area contributed by atoms with Crippen molar-refractivity contribution in [3.05, 3.63) is 36.0 Å². The van der Waals surface area contributed by atoms with Gasteiger partial charge in [-0.1, -0.05) is 30.0 Å². The van der Waals surface area contributed by atoms with Crippen LogP contribution in [0.25, 0.3) is 10.9 Å². The zero-order valence-corrected chi connectivity index (χ0v) is 11.6. The van der Waals surface area contributed by atoms with Crippen LogP contribution in [-0.4, -0.2) is 30.8 Å². The van der Waals surface area contributed by atoms with Gasteiger partial charge in [0.05, 0.1) is 0 Å². The Morgan fingerprint density at radius 1 is 1.50 bits per heavy atom. The van der Waals surface area contributed by atoms with Gasteiger partial charge in [-0.25, -0.2) is 0 Å². The van der Waals surface area contributed by atoms with Crippen LogP contribution in [0.15, 0.2) is 30.5 Å². The number of aliphatic hydroxyl groups is 1. The van der Waals surface area contributed by atoms with E-state index in [1.54, 1.807) is 0 Å². The first-order valence-corrected chi connectivity index (χ1v) is 7.18. The Balaban J connectivity index is 1.89. The van der Waals surface area contributed by atoms with Crippen LogP contribution in [0, 0.1) is 0 Å². The molecule has 1 aliphatic rings. The number of H-pyrrole nitrogens is 1. The molecule has 0 saturated carbocycles. The van der Waals surface area contributed by atoms with E-state index in [4.69, 9.17) is 12.2 Å². The lowest BCUT2D eigenvalue weighted by Crippen LogP contribution is -2.43. The van der Waals surface area contributed by atoms with Crippen molar-refractivity contribution in [1.29, 1.82) is 0 Å². The number of fused-ring (bicyclic) bond motifs is 1. The number of nitrogens with zero attached hydrogens (tertiary/aromatic N) is 1. The molecule has 1 aromatic carbocycles. The number of thioether (sulfide) groups is 1. The summed E-state index contributed by atoms with van der Waals surface area (Å²) in [5.41, 5.74) is 1.45.